The van der Waals surface area contributed by atoms with Crippen LogP contribution in [-0.2, 0) is 10.0 Å². The van der Waals surface area contributed by atoms with Crippen LogP contribution in [0, 0.1) is 11.9 Å². The number of nitrogens with zero attached hydrogens (tertiary/aromatic N) is 1. The monoisotopic (exact) mass is 366 g/mol. The molecule has 0 aliphatic carbocycles. The molecule has 6 heteroatoms. The molecule has 3 aromatic rings. The van der Waals surface area contributed by atoms with Crippen molar-refractivity contribution in [1.29, 1.82) is 0 Å². The summed E-state index contributed by atoms with van der Waals surface area (Å²) in [6.45, 7) is 0. The second-order valence-corrected chi connectivity index (χ2v) is 7.92. The number of hydrogen-bond acceptors (Lipinski definition) is 3. The van der Waals surface area contributed by atoms with Gasteiger partial charge in [-0.15, -0.1) is 0 Å². The summed E-state index contributed by atoms with van der Waals surface area (Å²) < 4.78 is 39.6. The summed E-state index contributed by atoms with van der Waals surface area (Å²) in [5.74, 6) is -1.12. The molecule has 3 aromatic carbocycles. The highest BCUT2D eigenvalue weighted by Crippen LogP contribution is 2.31. The molecule has 0 amide bonds. The van der Waals surface area contributed by atoms with Gasteiger partial charge in [0.2, 0.25) is 5.78 Å². The number of hydrogen-bond donors (Lipinski definition) is 0. The number of allylic oxidation sites excluding steroid dienone is 1. The van der Waals surface area contributed by atoms with E-state index in [1.165, 1.54) is 13.1 Å². The van der Waals surface area contributed by atoms with Crippen LogP contribution in [0.5, 0.6) is 0 Å². The first-order chi connectivity index (χ1) is 12.4. The summed E-state index contributed by atoms with van der Waals surface area (Å²) in [7, 11) is -2.75. The van der Waals surface area contributed by atoms with Crippen molar-refractivity contribution in [2.75, 3.05) is 7.05 Å². The fourth-order valence-corrected chi connectivity index (χ4v) is 4.28. The van der Waals surface area contributed by atoms with Crippen LogP contribution in [0.25, 0.3) is 10.8 Å². The van der Waals surface area contributed by atoms with Gasteiger partial charge in [0, 0.05) is 24.3 Å². The Hall–Kier alpha value is -2.99. The largest absolute Gasteiger partial charge is 0.287 e. The third-order valence-corrected chi connectivity index (χ3v) is 6.17. The summed E-state index contributed by atoms with van der Waals surface area (Å²) in [5.41, 5.74) is 0.437. The molecular weight excluding hydrogens is 353 g/mol. The average molecular weight is 366 g/mol. The normalized spacial score (nSPS) is 15.5. The predicted molar refractivity (Wildman–Crippen MR) is 95.5 cm³/mol. The van der Waals surface area contributed by atoms with Crippen molar-refractivity contribution < 1.29 is 17.6 Å². The lowest BCUT2D eigenvalue weighted by molar-refractivity contribution is 0.101. The van der Waals surface area contributed by atoms with Gasteiger partial charge in [-0.2, -0.15) is 0 Å². The lowest BCUT2D eigenvalue weighted by atomic mass is 10.0. The Morgan fingerprint density at radius 3 is 2.50 bits per heavy atom. The molecule has 1 aliphatic rings. The number of carbonyl (C=O) groups excluding carboxylic acids is 1. The van der Waals surface area contributed by atoms with Crippen LogP contribution < -0.4 is 0 Å². The number of rotatable bonds is 2. The molecular formula is C20H13FNO3S. The van der Waals surface area contributed by atoms with E-state index >= 15 is 0 Å². The third kappa shape index (κ3) is 2.50. The maximum Gasteiger partial charge on any atom is 0.264 e. The topological polar surface area (TPSA) is 54.5 Å². The summed E-state index contributed by atoms with van der Waals surface area (Å²) in [6, 6.07) is 16.1. The van der Waals surface area contributed by atoms with Crippen molar-refractivity contribution >= 4 is 26.6 Å². The van der Waals surface area contributed by atoms with Crippen molar-refractivity contribution in [3.8, 4) is 0 Å². The zero-order chi connectivity index (χ0) is 18.5. The second kappa shape index (κ2) is 5.78. The highest BCUT2D eigenvalue weighted by Gasteiger charge is 2.34. The lowest BCUT2D eigenvalue weighted by Gasteiger charge is -2.26. The van der Waals surface area contributed by atoms with E-state index in [9.17, 15) is 17.6 Å². The van der Waals surface area contributed by atoms with Crippen LogP contribution in [0.15, 0.2) is 71.3 Å². The third-order valence-electron chi connectivity index (χ3n) is 4.38. The number of sulfonamides is 1. The Morgan fingerprint density at radius 2 is 1.73 bits per heavy atom. The summed E-state index contributed by atoms with van der Waals surface area (Å²) in [5, 5.41) is 1.86. The molecule has 0 spiro atoms. The molecule has 0 aromatic heterocycles. The van der Waals surface area contributed by atoms with Crippen LogP contribution in [0.4, 0.5) is 4.39 Å². The van der Waals surface area contributed by atoms with Crippen molar-refractivity contribution in [2.45, 2.75) is 4.90 Å². The van der Waals surface area contributed by atoms with Gasteiger partial charge >= 0.3 is 0 Å². The molecule has 1 aliphatic heterocycles. The smallest absolute Gasteiger partial charge is 0.264 e. The number of fused-ring (bicyclic) bond motifs is 2. The van der Waals surface area contributed by atoms with Crippen molar-refractivity contribution in [3.05, 3.63) is 89.4 Å². The van der Waals surface area contributed by atoms with E-state index in [-0.39, 0.29) is 16.2 Å². The number of carbonyl (C=O) groups is 1. The Morgan fingerprint density at radius 1 is 1.00 bits per heavy atom. The van der Waals surface area contributed by atoms with Gasteiger partial charge in [0.25, 0.3) is 10.0 Å². The fourth-order valence-electron chi connectivity index (χ4n) is 2.95. The molecule has 26 heavy (non-hydrogen) atoms. The van der Waals surface area contributed by atoms with E-state index < -0.39 is 21.6 Å². The minimum Gasteiger partial charge on any atom is -0.287 e. The summed E-state index contributed by atoms with van der Waals surface area (Å²) in [6.07, 6.45) is 2.82. The molecule has 0 fully saturated rings. The van der Waals surface area contributed by atoms with Gasteiger partial charge in [-0.25, -0.2) is 12.8 Å². The Bertz CT molecular complexity index is 1200. The molecule has 0 atom stereocenters. The van der Waals surface area contributed by atoms with Crippen molar-refractivity contribution in [1.82, 2.24) is 4.31 Å². The molecule has 1 heterocycles. The molecule has 129 valence electrons. The van der Waals surface area contributed by atoms with Crippen molar-refractivity contribution in [2.24, 2.45) is 0 Å². The van der Waals surface area contributed by atoms with Gasteiger partial charge in [0.05, 0.1) is 4.90 Å². The molecule has 0 saturated carbocycles. The van der Waals surface area contributed by atoms with Crippen LogP contribution in [0.3, 0.4) is 0 Å². The number of halogens is 1. The number of benzene rings is 3. The van der Waals surface area contributed by atoms with Gasteiger partial charge in [0.1, 0.15) is 11.5 Å². The van der Waals surface area contributed by atoms with Gasteiger partial charge in [-0.3, -0.25) is 9.10 Å². The van der Waals surface area contributed by atoms with Crippen LogP contribution in [0.1, 0.15) is 15.9 Å². The van der Waals surface area contributed by atoms with E-state index in [1.807, 2.05) is 30.3 Å². The van der Waals surface area contributed by atoms with Crippen LogP contribution in [-0.4, -0.2) is 25.6 Å². The van der Waals surface area contributed by atoms with Gasteiger partial charge < -0.3 is 0 Å². The quantitative estimate of drug-likeness (QED) is 0.652. The van der Waals surface area contributed by atoms with Gasteiger partial charge in [0.15, 0.2) is 0 Å². The van der Waals surface area contributed by atoms with Gasteiger partial charge in [-0.1, -0.05) is 36.4 Å². The first-order valence-corrected chi connectivity index (χ1v) is 9.28. The van der Waals surface area contributed by atoms with Crippen LogP contribution in [0.2, 0.25) is 0 Å². The Kier molecular flexibility index (Phi) is 3.66. The first-order valence-electron chi connectivity index (χ1n) is 7.84. The van der Waals surface area contributed by atoms with E-state index in [4.69, 9.17) is 0 Å². The Balaban J connectivity index is 1.85. The van der Waals surface area contributed by atoms with Crippen molar-refractivity contribution in [3.63, 3.8) is 0 Å². The number of Topliss-reactive ketones (excluding diaryl/α,β-unsaturated/α-hetero) is 1. The Labute approximate surface area is 150 Å². The molecule has 4 nitrogen and oxygen atoms in total. The van der Waals surface area contributed by atoms with E-state index in [0.29, 0.717) is 5.56 Å². The fraction of sp³-hybridized carbons (Fsp3) is 0.0500. The minimum atomic E-state index is -4.01. The molecule has 1 radical (unpaired) electrons. The number of likely N-dealkylation sites (N-methyl/N-ethyl adjacent to an activating group) is 1. The predicted octanol–water partition coefficient (Wildman–Crippen LogP) is 3.53. The lowest BCUT2D eigenvalue weighted by Crippen LogP contribution is -2.34. The molecule has 0 unspecified atom stereocenters. The highest BCUT2D eigenvalue weighted by molar-refractivity contribution is 7.89. The molecule has 0 bridgehead atoms. The van der Waals surface area contributed by atoms with E-state index in [0.717, 1.165) is 27.2 Å². The van der Waals surface area contributed by atoms with Gasteiger partial charge in [-0.05, 0) is 35.0 Å². The molecule has 4 rings (SSSR count). The SMILES string of the molecule is CN1C(C(=O)c2ccc3ccccc3c2)=[C]c2ccc(F)cc2S1(=O)=O. The zero-order valence-corrected chi connectivity index (χ0v) is 14.5. The number of ketones is 1. The first kappa shape index (κ1) is 16.5. The molecule has 0 N–H and O–H groups in total. The highest BCUT2D eigenvalue weighted by atomic mass is 32.2. The maximum atomic E-state index is 13.4. The molecule has 0 saturated heterocycles. The van der Waals surface area contributed by atoms with Crippen LogP contribution >= 0.6 is 0 Å². The van der Waals surface area contributed by atoms with E-state index in [2.05, 4.69) is 6.08 Å². The van der Waals surface area contributed by atoms with E-state index in [1.54, 1.807) is 12.1 Å². The summed E-state index contributed by atoms with van der Waals surface area (Å²) >= 11 is 0. The maximum absolute atomic E-state index is 13.4. The second-order valence-electron chi connectivity index (χ2n) is 5.98. The zero-order valence-electron chi connectivity index (χ0n) is 13.7. The summed E-state index contributed by atoms with van der Waals surface area (Å²) in [4.78, 5) is 12.7. The average Bonchev–Trinajstić information content (AvgIpc) is 2.64. The minimum absolute atomic E-state index is 0.0978. The standard InChI is InChI=1S/C20H13FNO3S/c1-22-18(11-15-8-9-17(21)12-19(15)26(22,24)25)20(23)16-7-6-13-4-2-3-5-14(13)10-16/h2-10,12H,1H3.